The van der Waals surface area contributed by atoms with Gasteiger partial charge in [-0.1, -0.05) is 35.0 Å². The normalized spacial score (nSPS) is 11.0. The molecule has 5 nitrogen and oxygen atoms in total. The first kappa shape index (κ1) is 16.5. The highest BCUT2D eigenvalue weighted by atomic mass is 35.5. The van der Waals surface area contributed by atoms with Crippen LogP contribution in [0, 0.1) is 0 Å². The van der Waals surface area contributed by atoms with Gasteiger partial charge in [0.05, 0.1) is 13.7 Å². The van der Waals surface area contributed by atoms with E-state index in [1.54, 1.807) is 7.11 Å². The predicted octanol–water partition coefficient (Wildman–Crippen LogP) is 4.03. The Hall–Kier alpha value is -2.37. The van der Waals surface area contributed by atoms with Crippen LogP contribution < -0.4 is 4.74 Å². The first-order chi connectivity index (χ1) is 11.7. The first-order valence-electron chi connectivity index (χ1n) is 7.54. The van der Waals surface area contributed by atoms with Crippen molar-refractivity contribution in [2.75, 3.05) is 14.2 Å². The SMILES string of the molecule is COc1ccc(-c2noc(CN(C)Cc3ccccc3Cl)n2)cc1. The fourth-order valence-corrected chi connectivity index (χ4v) is 2.58. The molecule has 1 heterocycles. The minimum absolute atomic E-state index is 0.550. The Morgan fingerprint density at radius 3 is 2.54 bits per heavy atom. The average molecular weight is 344 g/mol. The van der Waals surface area contributed by atoms with E-state index in [1.165, 1.54) is 0 Å². The molecule has 0 aliphatic rings. The molecule has 0 saturated heterocycles. The van der Waals surface area contributed by atoms with E-state index in [9.17, 15) is 0 Å². The summed E-state index contributed by atoms with van der Waals surface area (Å²) >= 11 is 6.19. The maximum Gasteiger partial charge on any atom is 0.241 e. The number of ether oxygens (including phenoxy) is 1. The van der Waals surface area contributed by atoms with Crippen molar-refractivity contribution in [3.8, 4) is 17.1 Å². The van der Waals surface area contributed by atoms with Gasteiger partial charge in [-0.2, -0.15) is 4.98 Å². The molecule has 0 spiro atoms. The molecular formula is C18H18ClN3O2. The highest BCUT2D eigenvalue weighted by Crippen LogP contribution is 2.21. The predicted molar refractivity (Wildman–Crippen MR) is 92.9 cm³/mol. The van der Waals surface area contributed by atoms with Crippen LogP contribution in [0.4, 0.5) is 0 Å². The Bertz CT molecular complexity index is 802. The van der Waals surface area contributed by atoms with Gasteiger partial charge in [-0.15, -0.1) is 0 Å². The number of methoxy groups -OCH3 is 1. The molecule has 3 aromatic rings. The number of rotatable bonds is 6. The van der Waals surface area contributed by atoms with Crippen LogP contribution in [-0.4, -0.2) is 29.2 Å². The van der Waals surface area contributed by atoms with Crippen molar-refractivity contribution in [1.29, 1.82) is 0 Å². The third-order valence-electron chi connectivity index (χ3n) is 3.62. The van der Waals surface area contributed by atoms with Gasteiger partial charge in [0.25, 0.3) is 0 Å². The van der Waals surface area contributed by atoms with Crippen LogP contribution >= 0.6 is 11.6 Å². The molecule has 0 atom stereocenters. The smallest absolute Gasteiger partial charge is 0.241 e. The molecule has 1 aromatic heterocycles. The zero-order valence-corrected chi connectivity index (χ0v) is 14.3. The van der Waals surface area contributed by atoms with Gasteiger partial charge in [0.2, 0.25) is 11.7 Å². The Balaban J connectivity index is 1.66. The van der Waals surface area contributed by atoms with Crippen LogP contribution in [0.15, 0.2) is 53.1 Å². The van der Waals surface area contributed by atoms with Crippen molar-refractivity contribution in [2.45, 2.75) is 13.1 Å². The Labute approximate surface area is 145 Å². The van der Waals surface area contributed by atoms with E-state index in [-0.39, 0.29) is 0 Å². The second-order valence-corrected chi connectivity index (χ2v) is 5.91. The van der Waals surface area contributed by atoms with Crippen molar-refractivity contribution in [3.05, 3.63) is 65.0 Å². The zero-order valence-electron chi connectivity index (χ0n) is 13.6. The fraction of sp³-hybridized carbons (Fsp3) is 0.222. The molecule has 3 rings (SSSR count). The molecule has 0 radical (unpaired) electrons. The van der Waals surface area contributed by atoms with Crippen LogP contribution in [-0.2, 0) is 13.1 Å². The second kappa shape index (κ2) is 7.47. The van der Waals surface area contributed by atoms with Gasteiger partial charge in [-0.3, -0.25) is 4.90 Å². The lowest BCUT2D eigenvalue weighted by molar-refractivity contribution is 0.261. The zero-order chi connectivity index (χ0) is 16.9. The van der Waals surface area contributed by atoms with Crippen LogP contribution in [0.2, 0.25) is 5.02 Å². The van der Waals surface area contributed by atoms with E-state index in [0.717, 1.165) is 21.9 Å². The summed E-state index contributed by atoms with van der Waals surface area (Å²) in [5, 5.41) is 4.80. The number of benzene rings is 2. The number of halogens is 1. The van der Waals surface area contributed by atoms with Gasteiger partial charge in [0.1, 0.15) is 5.75 Å². The summed E-state index contributed by atoms with van der Waals surface area (Å²) in [6.45, 7) is 1.26. The number of hydrogen-bond donors (Lipinski definition) is 0. The van der Waals surface area contributed by atoms with E-state index < -0.39 is 0 Å². The average Bonchev–Trinajstić information content (AvgIpc) is 3.05. The molecule has 0 amide bonds. The fourth-order valence-electron chi connectivity index (χ4n) is 2.38. The van der Waals surface area contributed by atoms with Gasteiger partial charge in [-0.25, -0.2) is 0 Å². The van der Waals surface area contributed by atoms with Crippen molar-refractivity contribution < 1.29 is 9.26 Å². The third kappa shape index (κ3) is 3.93. The summed E-state index contributed by atoms with van der Waals surface area (Å²) in [5.41, 5.74) is 1.95. The lowest BCUT2D eigenvalue weighted by Gasteiger charge is -2.14. The molecule has 0 aliphatic carbocycles. The Morgan fingerprint density at radius 2 is 1.83 bits per heavy atom. The molecule has 0 fully saturated rings. The molecule has 2 aromatic carbocycles. The van der Waals surface area contributed by atoms with Gasteiger partial charge >= 0.3 is 0 Å². The quantitative estimate of drug-likeness (QED) is 0.676. The van der Waals surface area contributed by atoms with Gasteiger partial charge in [0.15, 0.2) is 0 Å². The lowest BCUT2D eigenvalue weighted by atomic mass is 10.2. The molecule has 6 heteroatoms. The van der Waals surface area contributed by atoms with E-state index in [1.807, 2.05) is 55.6 Å². The lowest BCUT2D eigenvalue weighted by Crippen LogP contribution is -2.17. The minimum atomic E-state index is 0.550. The molecule has 0 bridgehead atoms. The van der Waals surface area contributed by atoms with Crippen LogP contribution in [0.1, 0.15) is 11.5 Å². The van der Waals surface area contributed by atoms with Gasteiger partial charge in [0, 0.05) is 17.1 Å². The molecule has 0 N–H and O–H groups in total. The summed E-state index contributed by atoms with van der Waals surface area (Å²) in [6, 6.07) is 15.3. The summed E-state index contributed by atoms with van der Waals surface area (Å²) in [7, 11) is 3.62. The largest absolute Gasteiger partial charge is 0.497 e. The van der Waals surface area contributed by atoms with Crippen LogP contribution in [0.25, 0.3) is 11.4 Å². The van der Waals surface area contributed by atoms with Gasteiger partial charge in [-0.05, 0) is 42.9 Å². The van der Waals surface area contributed by atoms with Crippen molar-refractivity contribution >= 4 is 11.6 Å². The highest BCUT2D eigenvalue weighted by molar-refractivity contribution is 6.31. The van der Waals surface area contributed by atoms with E-state index in [0.29, 0.717) is 24.8 Å². The number of aromatic nitrogens is 2. The summed E-state index contributed by atoms with van der Waals surface area (Å²) in [4.78, 5) is 6.52. The van der Waals surface area contributed by atoms with E-state index in [4.69, 9.17) is 20.9 Å². The van der Waals surface area contributed by atoms with Crippen LogP contribution in [0.5, 0.6) is 5.75 Å². The maximum atomic E-state index is 6.19. The Morgan fingerprint density at radius 1 is 1.08 bits per heavy atom. The summed E-state index contributed by atoms with van der Waals surface area (Å²) in [6.07, 6.45) is 0. The van der Waals surface area contributed by atoms with Gasteiger partial charge < -0.3 is 9.26 Å². The first-order valence-corrected chi connectivity index (χ1v) is 7.92. The summed E-state index contributed by atoms with van der Waals surface area (Å²) in [5.74, 6) is 1.93. The highest BCUT2D eigenvalue weighted by Gasteiger charge is 2.12. The molecule has 24 heavy (non-hydrogen) atoms. The molecule has 0 saturated carbocycles. The van der Waals surface area contributed by atoms with E-state index >= 15 is 0 Å². The monoisotopic (exact) mass is 343 g/mol. The molecular weight excluding hydrogens is 326 g/mol. The standard InChI is InChI=1S/C18H18ClN3O2/c1-22(11-14-5-3-4-6-16(14)19)12-17-20-18(21-24-17)13-7-9-15(23-2)10-8-13/h3-10H,11-12H2,1-2H3. The third-order valence-corrected chi connectivity index (χ3v) is 3.99. The second-order valence-electron chi connectivity index (χ2n) is 5.50. The van der Waals surface area contributed by atoms with Crippen molar-refractivity contribution in [3.63, 3.8) is 0 Å². The van der Waals surface area contributed by atoms with E-state index in [2.05, 4.69) is 15.0 Å². The van der Waals surface area contributed by atoms with Crippen LogP contribution in [0.3, 0.4) is 0 Å². The Kier molecular flexibility index (Phi) is 5.13. The molecule has 124 valence electrons. The van der Waals surface area contributed by atoms with Crippen molar-refractivity contribution in [2.24, 2.45) is 0 Å². The minimum Gasteiger partial charge on any atom is -0.497 e. The number of hydrogen-bond acceptors (Lipinski definition) is 5. The molecule has 0 unspecified atom stereocenters. The topological polar surface area (TPSA) is 51.4 Å². The maximum absolute atomic E-state index is 6.19. The number of nitrogens with zero attached hydrogens (tertiary/aromatic N) is 3. The van der Waals surface area contributed by atoms with Crippen molar-refractivity contribution in [1.82, 2.24) is 15.0 Å². The molecule has 0 aliphatic heterocycles. The summed E-state index contributed by atoms with van der Waals surface area (Å²) < 4.78 is 10.5.